The van der Waals surface area contributed by atoms with Gasteiger partial charge in [0.05, 0.1) is 17.6 Å². The number of benzene rings is 2. The Morgan fingerprint density at radius 3 is 2.58 bits per heavy atom. The zero-order valence-corrected chi connectivity index (χ0v) is 13.2. The first-order valence-electron chi connectivity index (χ1n) is 7.94. The quantitative estimate of drug-likeness (QED) is 0.524. The molecule has 0 saturated carbocycles. The number of hydrogen-bond acceptors (Lipinski definition) is 3. The molecule has 1 aromatic heterocycles. The Labute approximate surface area is 140 Å². The first-order chi connectivity index (χ1) is 11.9. The first-order valence-corrected chi connectivity index (χ1v) is 7.94. The Morgan fingerprint density at radius 1 is 1.04 bits per heavy atom. The smallest absolute Gasteiger partial charge is 0.142 e. The maximum absolute atomic E-state index is 5.45. The largest absolute Gasteiger partial charge is 0.391 e. The molecule has 0 bridgehead atoms. The van der Waals surface area contributed by atoms with Crippen LogP contribution in [0.4, 0.5) is 0 Å². The van der Waals surface area contributed by atoms with Crippen molar-refractivity contribution in [2.45, 2.75) is 13.0 Å². The average molecular weight is 315 g/mol. The van der Waals surface area contributed by atoms with E-state index in [1.807, 2.05) is 54.7 Å². The lowest BCUT2D eigenvalue weighted by molar-refractivity contribution is 0.132. The van der Waals surface area contributed by atoms with Crippen molar-refractivity contribution in [3.63, 3.8) is 0 Å². The highest BCUT2D eigenvalue weighted by Crippen LogP contribution is 2.26. The van der Waals surface area contributed by atoms with Crippen molar-refractivity contribution in [2.24, 2.45) is 5.16 Å². The van der Waals surface area contributed by atoms with Crippen molar-refractivity contribution in [2.75, 3.05) is 0 Å². The van der Waals surface area contributed by atoms with Gasteiger partial charge < -0.3 is 9.40 Å². The Balaban J connectivity index is 1.58. The molecular formula is C20H17N3O. The van der Waals surface area contributed by atoms with Crippen molar-refractivity contribution < 1.29 is 4.84 Å². The van der Waals surface area contributed by atoms with Crippen molar-refractivity contribution in [3.8, 4) is 11.3 Å². The number of imidazole rings is 1. The molecule has 0 radical (unpaired) electrons. The lowest BCUT2D eigenvalue weighted by Crippen LogP contribution is -1.96. The van der Waals surface area contributed by atoms with Crippen LogP contribution < -0.4 is 0 Å². The highest BCUT2D eigenvalue weighted by atomic mass is 16.6. The summed E-state index contributed by atoms with van der Waals surface area (Å²) in [6.45, 7) is 0.453. The lowest BCUT2D eigenvalue weighted by atomic mass is 10.1. The number of allylic oxidation sites excluding steroid dienone is 1. The minimum absolute atomic E-state index is 0.453. The molecule has 0 spiro atoms. The molecule has 0 N–H and O–H groups in total. The highest BCUT2D eigenvalue weighted by molar-refractivity contribution is 5.88. The molecule has 0 saturated heterocycles. The molecule has 2 aromatic carbocycles. The van der Waals surface area contributed by atoms with Gasteiger partial charge in [0, 0.05) is 18.2 Å². The average Bonchev–Trinajstić information content (AvgIpc) is 3.22. The van der Waals surface area contributed by atoms with Crippen LogP contribution in [0.1, 0.15) is 17.1 Å². The Hall–Kier alpha value is -3.14. The maximum Gasteiger partial charge on any atom is 0.142 e. The molecule has 4 heteroatoms. The number of oxime groups is 1. The van der Waals surface area contributed by atoms with Gasteiger partial charge in [0.15, 0.2) is 0 Å². The van der Waals surface area contributed by atoms with Crippen LogP contribution in [0.3, 0.4) is 0 Å². The normalized spacial score (nSPS) is 12.7. The van der Waals surface area contributed by atoms with Gasteiger partial charge in [0.2, 0.25) is 0 Å². The minimum Gasteiger partial charge on any atom is -0.391 e. The van der Waals surface area contributed by atoms with E-state index in [-0.39, 0.29) is 0 Å². The summed E-state index contributed by atoms with van der Waals surface area (Å²) >= 11 is 0. The summed E-state index contributed by atoms with van der Waals surface area (Å²) in [6, 6.07) is 20.2. The fourth-order valence-electron chi connectivity index (χ4n) is 2.77. The fourth-order valence-corrected chi connectivity index (χ4v) is 2.77. The molecule has 0 aliphatic carbocycles. The van der Waals surface area contributed by atoms with E-state index >= 15 is 0 Å². The van der Waals surface area contributed by atoms with Gasteiger partial charge in [-0.05, 0) is 5.56 Å². The molecule has 4 rings (SSSR count). The molecule has 0 atom stereocenters. The number of rotatable bonds is 5. The van der Waals surface area contributed by atoms with E-state index in [1.165, 1.54) is 0 Å². The number of fused-ring (bicyclic) bond motifs is 1. The Kier molecular flexibility index (Phi) is 3.94. The van der Waals surface area contributed by atoms with E-state index in [1.54, 1.807) is 6.21 Å². The highest BCUT2D eigenvalue weighted by Gasteiger charge is 2.17. The summed E-state index contributed by atoms with van der Waals surface area (Å²) in [5, 5.41) is 4.15. The van der Waals surface area contributed by atoms with Gasteiger partial charge in [-0.2, -0.15) is 0 Å². The molecule has 1 aliphatic heterocycles. The molecule has 118 valence electrons. The predicted molar refractivity (Wildman–Crippen MR) is 95.5 cm³/mol. The van der Waals surface area contributed by atoms with Crippen LogP contribution in [0.2, 0.25) is 0 Å². The van der Waals surface area contributed by atoms with E-state index in [4.69, 9.17) is 9.82 Å². The number of aromatic nitrogens is 2. The second-order valence-electron chi connectivity index (χ2n) is 5.58. The molecule has 0 unspecified atom stereocenters. The number of hydrogen-bond donors (Lipinski definition) is 0. The second-order valence-corrected chi connectivity index (χ2v) is 5.58. The van der Waals surface area contributed by atoms with Crippen LogP contribution in [-0.2, 0) is 17.9 Å². The van der Waals surface area contributed by atoms with Gasteiger partial charge in [0.1, 0.15) is 12.4 Å². The van der Waals surface area contributed by atoms with Crippen LogP contribution in [-0.4, -0.2) is 15.8 Å². The third-order valence-corrected chi connectivity index (χ3v) is 3.95. The number of nitrogens with zero attached hydrogens (tertiary/aromatic N) is 3. The maximum atomic E-state index is 5.45. The molecule has 2 heterocycles. The molecule has 0 amide bonds. The fraction of sp³-hybridized carbons (Fsp3) is 0.100. The Bertz CT molecular complexity index is 880. The van der Waals surface area contributed by atoms with E-state index in [9.17, 15) is 0 Å². The van der Waals surface area contributed by atoms with Crippen LogP contribution >= 0.6 is 0 Å². The van der Waals surface area contributed by atoms with Gasteiger partial charge in [-0.3, -0.25) is 0 Å². The van der Waals surface area contributed by atoms with Crippen LogP contribution in [0, 0.1) is 0 Å². The Morgan fingerprint density at radius 2 is 1.79 bits per heavy atom. The molecule has 4 nitrogen and oxygen atoms in total. The second kappa shape index (κ2) is 6.54. The van der Waals surface area contributed by atoms with Crippen molar-refractivity contribution in [1.29, 1.82) is 0 Å². The van der Waals surface area contributed by atoms with Crippen LogP contribution in [0.15, 0.2) is 71.9 Å². The third kappa shape index (κ3) is 2.86. The zero-order valence-electron chi connectivity index (χ0n) is 13.2. The SMILES string of the molecule is C1=Cn2c(nc(-c3ccccc3)c2/C=N/OCc2ccccc2)C1. The van der Waals surface area contributed by atoms with E-state index < -0.39 is 0 Å². The van der Waals surface area contributed by atoms with Crippen LogP contribution in [0.25, 0.3) is 17.5 Å². The van der Waals surface area contributed by atoms with Crippen molar-refractivity contribution in [3.05, 3.63) is 83.8 Å². The van der Waals surface area contributed by atoms with Gasteiger partial charge >= 0.3 is 0 Å². The van der Waals surface area contributed by atoms with E-state index in [0.717, 1.165) is 34.8 Å². The van der Waals surface area contributed by atoms with Gasteiger partial charge in [-0.1, -0.05) is 71.9 Å². The zero-order chi connectivity index (χ0) is 16.2. The molecular weight excluding hydrogens is 298 g/mol. The molecule has 0 fully saturated rings. The van der Waals surface area contributed by atoms with Gasteiger partial charge in [0.25, 0.3) is 0 Å². The molecule has 1 aliphatic rings. The first kappa shape index (κ1) is 14.5. The topological polar surface area (TPSA) is 39.4 Å². The lowest BCUT2D eigenvalue weighted by Gasteiger charge is -2.02. The van der Waals surface area contributed by atoms with Gasteiger partial charge in [-0.25, -0.2) is 4.98 Å². The summed E-state index contributed by atoms with van der Waals surface area (Å²) < 4.78 is 2.07. The van der Waals surface area contributed by atoms with E-state index in [0.29, 0.717) is 6.61 Å². The minimum atomic E-state index is 0.453. The van der Waals surface area contributed by atoms with Gasteiger partial charge in [-0.15, -0.1) is 0 Å². The molecule has 3 aromatic rings. The third-order valence-electron chi connectivity index (χ3n) is 3.95. The van der Waals surface area contributed by atoms with E-state index in [2.05, 4.69) is 27.9 Å². The monoisotopic (exact) mass is 315 g/mol. The van der Waals surface area contributed by atoms with Crippen molar-refractivity contribution >= 4 is 12.4 Å². The standard InChI is InChI=1S/C20H17N3O/c1-3-8-16(9-4-1)15-24-21-14-18-20(17-10-5-2-6-11-17)22-19-12-7-13-23(18)19/h1-11,13-14H,12,15H2/b21-14+. The summed E-state index contributed by atoms with van der Waals surface area (Å²) in [6.07, 6.45) is 6.72. The summed E-state index contributed by atoms with van der Waals surface area (Å²) in [4.78, 5) is 10.2. The summed E-state index contributed by atoms with van der Waals surface area (Å²) in [5.41, 5.74) is 4.05. The summed E-state index contributed by atoms with van der Waals surface area (Å²) in [7, 11) is 0. The van der Waals surface area contributed by atoms with Crippen molar-refractivity contribution in [1.82, 2.24) is 9.55 Å². The molecule has 24 heavy (non-hydrogen) atoms. The van der Waals surface area contributed by atoms with Crippen LogP contribution in [0.5, 0.6) is 0 Å². The summed E-state index contributed by atoms with van der Waals surface area (Å²) in [5.74, 6) is 1.03. The predicted octanol–water partition coefficient (Wildman–Crippen LogP) is 4.13.